The number of aromatic nitrogens is 3. The molecule has 3 heterocycles. The summed E-state index contributed by atoms with van der Waals surface area (Å²) in [4.78, 5) is 21.1. The summed E-state index contributed by atoms with van der Waals surface area (Å²) >= 11 is 1.59. The van der Waals surface area contributed by atoms with Crippen LogP contribution in [-0.2, 0) is 6.42 Å². The van der Waals surface area contributed by atoms with Gasteiger partial charge in [-0.15, -0.1) is 11.3 Å². The molecule has 0 aliphatic rings. The normalized spacial score (nSPS) is 11.0. The molecule has 0 aliphatic heterocycles. The maximum atomic E-state index is 12.4. The number of nitrogens with one attached hydrogen (secondary N) is 1. The molecule has 3 rings (SSSR count). The highest BCUT2D eigenvalue weighted by atomic mass is 32.1. The number of nitrogens with zero attached hydrogens (tertiary/aromatic N) is 3. The average molecular weight is 356 g/mol. The minimum atomic E-state index is -0.146. The first-order valence-corrected chi connectivity index (χ1v) is 9.03. The molecule has 25 heavy (non-hydrogen) atoms. The van der Waals surface area contributed by atoms with Gasteiger partial charge in [0.05, 0.1) is 11.4 Å². The maximum Gasteiger partial charge on any atom is 0.256 e. The fourth-order valence-corrected chi connectivity index (χ4v) is 3.36. The number of pyridine rings is 1. The summed E-state index contributed by atoms with van der Waals surface area (Å²) in [5, 5.41) is 9.82. The van der Waals surface area contributed by atoms with Gasteiger partial charge >= 0.3 is 0 Å². The van der Waals surface area contributed by atoms with Crippen LogP contribution in [-0.4, -0.2) is 27.6 Å². The zero-order chi connectivity index (χ0) is 17.8. The van der Waals surface area contributed by atoms with Gasteiger partial charge in [0.2, 0.25) is 0 Å². The van der Waals surface area contributed by atoms with Crippen LogP contribution >= 0.6 is 11.3 Å². The van der Waals surface area contributed by atoms with Gasteiger partial charge in [0.15, 0.2) is 5.76 Å². The van der Waals surface area contributed by atoms with E-state index in [1.807, 2.05) is 31.4 Å². The minimum Gasteiger partial charge on any atom is -0.360 e. The van der Waals surface area contributed by atoms with Gasteiger partial charge in [0.25, 0.3) is 5.91 Å². The zero-order valence-corrected chi connectivity index (χ0v) is 15.3. The van der Waals surface area contributed by atoms with E-state index in [0.29, 0.717) is 30.0 Å². The number of amides is 1. The Morgan fingerprint density at radius 3 is 2.80 bits per heavy atom. The highest BCUT2D eigenvalue weighted by molar-refractivity contribution is 7.13. The lowest BCUT2D eigenvalue weighted by molar-refractivity contribution is 0.0951. The Hall–Kier alpha value is -2.54. The van der Waals surface area contributed by atoms with Crippen molar-refractivity contribution in [1.82, 2.24) is 20.4 Å². The number of rotatable bonds is 6. The average Bonchev–Trinajstić information content (AvgIpc) is 3.22. The first-order chi connectivity index (χ1) is 12.1. The van der Waals surface area contributed by atoms with Gasteiger partial charge in [-0.25, -0.2) is 4.98 Å². The molecule has 0 unspecified atom stereocenters. The van der Waals surface area contributed by atoms with Crippen LogP contribution in [0.5, 0.6) is 0 Å². The quantitative estimate of drug-likeness (QED) is 0.730. The van der Waals surface area contributed by atoms with Crippen molar-refractivity contribution in [1.29, 1.82) is 0 Å². The maximum absolute atomic E-state index is 12.4. The lowest BCUT2D eigenvalue weighted by atomic mass is 10.0. The predicted octanol–water partition coefficient (Wildman–Crippen LogP) is 3.60. The molecule has 1 N–H and O–H groups in total. The summed E-state index contributed by atoms with van der Waals surface area (Å²) < 4.78 is 5.27. The van der Waals surface area contributed by atoms with E-state index in [4.69, 9.17) is 4.52 Å². The van der Waals surface area contributed by atoms with Gasteiger partial charge in [-0.05, 0) is 19.1 Å². The largest absolute Gasteiger partial charge is 0.360 e. The number of aryl methyl sites for hydroxylation is 1. The van der Waals surface area contributed by atoms with Gasteiger partial charge in [0.1, 0.15) is 10.6 Å². The molecule has 3 aromatic rings. The Kier molecular flexibility index (Phi) is 5.23. The lowest BCUT2D eigenvalue weighted by Crippen LogP contribution is -2.27. The van der Waals surface area contributed by atoms with Crippen molar-refractivity contribution >= 4 is 17.2 Å². The van der Waals surface area contributed by atoms with Crippen LogP contribution in [0.4, 0.5) is 0 Å². The van der Waals surface area contributed by atoms with Crippen molar-refractivity contribution in [3.63, 3.8) is 0 Å². The Bertz CT molecular complexity index is 855. The van der Waals surface area contributed by atoms with Crippen molar-refractivity contribution in [3.05, 3.63) is 52.6 Å². The van der Waals surface area contributed by atoms with Gasteiger partial charge in [-0.2, -0.15) is 0 Å². The molecule has 0 saturated carbocycles. The smallest absolute Gasteiger partial charge is 0.256 e. The molecule has 0 aromatic carbocycles. The van der Waals surface area contributed by atoms with Crippen molar-refractivity contribution in [2.45, 2.75) is 33.1 Å². The zero-order valence-electron chi connectivity index (χ0n) is 14.4. The Morgan fingerprint density at radius 2 is 2.08 bits per heavy atom. The first kappa shape index (κ1) is 17.3. The standard InChI is InChI=1S/C18H20N4O2S/c1-11(2)16-15(12(3)22-24-16)17(23)20-9-6-14-10-25-18(21-14)13-4-7-19-8-5-13/h4-5,7-8,10-11H,6,9H2,1-3H3,(H,20,23). The highest BCUT2D eigenvalue weighted by Gasteiger charge is 2.22. The van der Waals surface area contributed by atoms with Gasteiger partial charge in [0, 0.05) is 42.2 Å². The number of carbonyl (C=O) groups is 1. The van der Waals surface area contributed by atoms with Gasteiger partial charge < -0.3 is 9.84 Å². The molecule has 130 valence electrons. The third-order valence-corrected chi connectivity index (χ3v) is 4.73. The summed E-state index contributed by atoms with van der Waals surface area (Å²) in [6.45, 7) is 6.26. The highest BCUT2D eigenvalue weighted by Crippen LogP contribution is 2.23. The Labute approximate surface area is 150 Å². The Morgan fingerprint density at radius 1 is 1.32 bits per heavy atom. The predicted molar refractivity (Wildman–Crippen MR) is 96.7 cm³/mol. The second-order valence-corrected chi connectivity index (χ2v) is 6.91. The van der Waals surface area contributed by atoms with Crippen LogP contribution in [0.15, 0.2) is 34.4 Å². The van der Waals surface area contributed by atoms with Crippen LogP contribution in [0, 0.1) is 6.92 Å². The molecule has 0 atom stereocenters. The van der Waals surface area contributed by atoms with Crippen molar-refractivity contribution in [2.24, 2.45) is 0 Å². The fourth-order valence-electron chi connectivity index (χ4n) is 2.50. The molecule has 0 saturated heterocycles. The van der Waals surface area contributed by atoms with E-state index in [0.717, 1.165) is 16.3 Å². The van der Waals surface area contributed by atoms with E-state index in [9.17, 15) is 4.79 Å². The van der Waals surface area contributed by atoms with E-state index in [-0.39, 0.29) is 11.8 Å². The van der Waals surface area contributed by atoms with E-state index in [2.05, 4.69) is 20.4 Å². The number of hydrogen-bond acceptors (Lipinski definition) is 6. The molecule has 6 nitrogen and oxygen atoms in total. The van der Waals surface area contributed by atoms with Crippen molar-refractivity contribution in [3.8, 4) is 10.6 Å². The molecule has 0 aliphatic carbocycles. The summed E-state index contributed by atoms with van der Waals surface area (Å²) in [6.07, 6.45) is 4.18. The second-order valence-electron chi connectivity index (χ2n) is 6.05. The molecular formula is C18H20N4O2S. The van der Waals surface area contributed by atoms with Crippen LogP contribution < -0.4 is 5.32 Å². The molecule has 0 fully saturated rings. The number of carbonyl (C=O) groups excluding carboxylic acids is 1. The summed E-state index contributed by atoms with van der Waals surface area (Å²) in [7, 11) is 0. The third kappa shape index (κ3) is 3.93. The molecule has 0 spiro atoms. The molecule has 7 heteroatoms. The lowest BCUT2D eigenvalue weighted by Gasteiger charge is -2.06. The molecule has 3 aromatic heterocycles. The first-order valence-electron chi connectivity index (χ1n) is 8.15. The van der Waals surface area contributed by atoms with Crippen LogP contribution in [0.25, 0.3) is 10.6 Å². The third-order valence-electron chi connectivity index (χ3n) is 3.79. The van der Waals surface area contributed by atoms with E-state index in [1.54, 1.807) is 30.7 Å². The Balaban J connectivity index is 1.60. The summed E-state index contributed by atoms with van der Waals surface area (Å²) in [5.74, 6) is 0.596. The topological polar surface area (TPSA) is 80.9 Å². The summed E-state index contributed by atoms with van der Waals surface area (Å²) in [6, 6.07) is 3.87. The molecule has 0 bridgehead atoms. The monoisotopic (exact) mass is 356 g/mol. The van der Waals surface area contributed by atoms with E-state index in [1.165, 1.54) is 0 Å². The SMILES string of the molecule is Cc1noc(C(C)C)c1C(=O)NCCc1csc(-c2ccncc2)n1. The van der Waals surface area contributed by atoms with Crippen molar-refractivity contribution in [2.75, 3.05) is 6.54 Å². The second kappa shape index (κ2) is 7.57. The molecular weight excluding hydrogens is 336 g/mol. The summed E-state index contributed by atoms with van der Waals surface area (Å²) in [5.41, 5.74) is 3.18. The molecule has 0 radical (unpaired) electrons. The van der Waals surface area contributed by atoms with E-state index >= 15 is 0 Å². The number of thiazole rings is 1. The van der Waals surface area contributed by atoms with Crippen LogP contribution in [0.3, 0.4) is 0 Å². The van der Waals surface area contributed by atoms with Crippen molar-refractivity contribution < 1.29 is 9.32 Å². The van der Waals surface area contributed by atoms with E-state index < -0.39 is 0 Å². The van der Waals surface area contributed by atoms with Crippen LogP contribution in [0.1, 0.15) is 47.3 Å². The number of hydrogen-bond donors (Lipinski definition) is 1. The van der Waals surface area contributed by atoms with Gasteiger partial charge in [-0.3, -0.25) is 9.78 Å². The fraction of sp³-hybridized carbons (Fsp3) is 0.333. The minimum absolute atomic E-state index is 0.114. The van der Waals surface area contributed by atoms with Crippen LogP contribution in [0.2, 0.25) is 0 Å². The molecule has 1 amide bonds. The van der Waals surface area contributed by atoms with Gasteiger partial charge in [-0.1, -0.05) is 19.0 Å².